The van der Waals surface area contributed by atoms with Gasteiger partial charge < -0.3 is 11.1 Å². The van der Waals surface area contributed by atoms with Crippen molar-refractivity contribution >= 4 is 11.6 Å². The van der Waals surface area contributed by atoms with Crippen LogP contribution in [0.15, 0.2) is 30.0 Å². The molecule has 1 aromatic rings. The Balaban J connectivity index is 3.12. The molecule has 80 valence electrons. The zero-order valence-corrected chi connectivity index (χ0v) is 8.69. The van der Waals surface area contributed by atoms with Crippen LogP contribution in [0.1, 0.15) is 18.2 Å². The maximum Gasteiger partial charge on any atom is 0.244 e. The van der Waals surface area contributed by atoms with Crippen molar-refractivity contribution in [2.24, 2.45) is 5.73 Å². The van der Waals surface area contributed by atoms with Crippen LogP contribution in [0.4, 0.5) is 0 Å². The molecule has 1 amide bonds. The van der Waals surface area contributed by atoms with Crippen LogP contribution in [-0.2, 0) is 4.79 Å². The Morgan fingerprint density at radius 2 is 2.38 bits per heavy atom. The summed E-state index contributed by atoms with van der Waals surface area (Å²) in [7, 11) is 0. The van der Waals surface area contributed by atoms with Gasteiger partial charge in [0, 0.05) is 17.3 Å². The SMILES string of the molecule is C/C(=C/C(=N)c1cccnc1C#N)C(N)=O. The summed E-state index contributed by atoms with van der Waals surface area (Å²) in [6, 6.07) is 5.10. The second kappa shape index (κ2) is 4.84. The highest BCUT2D eigenvalue weighted by molar-refractivity contribution is 6.11. The molecule has 1 heterocycles. The van der Waals surface area contributed by atoms with Crippen molar-refractivity contribution in [3.05, 3.63) is 41.2 Å². The highest BCUT2D eigenvalue weighted by Gasteiger charge is 2.07. The van der Waals surface area contributed by atoms with E-state index in [-0.39, 0.29) is 17.0 Å². The predicted molar refractivity (Wildman–Crippen MR) is 58.7 cm³/mol. The number of aromatic nitrogens is 1. The van der Waals surface area contributed by atoms with Gasteiger partial charge in [0.15, 0.2) is 0 Å². The standard InChI is InChI=1S/C11H10N4O/c1-7(11(14)16)5-9(13)8-3-2-4-15-10(8)6-12/h2-5,13H,1H3,(H2,14,16)/b7-5-,13-9?. The number of nitrogens with two attached hydrogens (primary N) is 1. The summed E-state index contributed by atoms with van der Waals surface area (Å²) in [6.45, 7) is 1.51. The Bertz CT molecular complexity index is 511. The van der Waals surface area contributed by atoms with Gasteiger partial charge in [0.25, 0.3) is 0 Å². The predicted octanol–water partition coefficient (Wildman–Crippen LogP) is 0.753. The lowest BCUT2D eigenvalue weighted by Gasteiger charge is -2.01. The fraction of sp³-hybridized carbons (Fsp3) is 0.0909. The van der Waals surface area contributed by atoms with E-state index >= 15 is 0 Å². The molecule has 16 heavy (non-hydrogen) atoms. The number of nitrogens with zero attached hydrogens (tertiary/aromatic N) is 2. The zero-order valence-electron chi connectivity index (χ0n) is 8.69. The zero-order chi connectivity index (χ0) is 12.1. The molecule has 1 aromatic heterocycles. The number of nitrogens with one attached hydrogen (secondary N) is 1. The van der Waals surface area contributed by atoms with Crippen LogP contribution >= 0.6 is 0 Å². The van der Waals surface area contributed by atoms with Gasteiger partial charge in [-0.1, -0.05) is 0 Å². The van der Waals surface area contributed by atoms with Crippen molar-refractivity contribution in [2.75, 3.05) is 0 Å². The van der Waals surface area contributed by atoms with E-state index in [9.17, 15) is 4.79 Å². The summed E-state index contributed by atoms with van der Waals surface area (Å²) in [5.41, 5.74) is 5.89. The molecular weight excluding hydrogens is 204 g/mol. The minimum absolute atomic E-state index is 0.0425. The molecule has 5 nitrogen and oxygen atoms in total. The monoisotopic (exact) mass is 214 g/mol. The molecule has 0 atom stereocenters. The first-order chi connectivity index (χ1) is 7.56. The van der Waals surface area contributed by atoms with Crippen LogP contribution in [0.5, 0.6) is 0 Å². The van der Waals surface area contributed by atoms with Gasteiger partial charge in [0.2, 0.25) is 5.91 Å². The van der Waals surface area contributed by atoms with Gasteiger partial charge in [0.1, 0.15) is 11.8 Å². The number of rotatable bonds is 3. The summed E-state index contributed by atoms with van der Waals surface area (Å²) >= 11 is 0. The lowest BCUT2D eigenvalue weighted by molar-refractivity contribution is -0.114. The first kappa shape index (κ1) is 11.6. The van der Waals surface area contributed by atoms with E-state index in [1.807, 2.05) is 6.07 Å². The van der Waals surface area contributed by atoms with Gasteiger partial charge in [-0.05, 0) is 25.1 Å². The topological polar surface area (TPSA) is 104 Å². The second-order valence-corrected chi connectivity index (χ2v) is 3.12. The van der Waals surface area contributed by atoms with Crippen LogP contribution in [0, 0.1) is 16.7 Å². The van der Waals surface area contributed by atoms with Crippen molar-refractivity contribution in [3.8, 4) is 6.07 Å². The molecule has 0 unspecified atom stereocenters. The molecule has 0 aromatic carbocycles. The number of hydrogen-bond donors (Lipinski definition) is 2. The van der Waals surface area contributed by atoms with E-state index in [1.54, 1.807) is 12.1 Å². The second-order valence-electron chi connectivity index (χ2n) is 3.12. The first-order valence-electron chi connectivity index (χ1n) is 4.48. The lowest BCUT2D eigenvalue weighted by atomic mass is 10.1. The molecule has 0 aliphatic rings. The molecule has 0 aliphatic carbocycles. The third-order valence-electron chi connectivity index (χ3n) is 1.95. The van der Waals surface area contributed by atoms with E-state index in [1.165, 1.54) is 19.2 Å². The molecule has 0 saturated carbocycles. The summed E-state index contributed by atoms with van der Waals surface area (Å²) in [5.74, 6) is -0.591. The Labute approximate surface area is 92.7 Å². The van der Waals surface area contributed by atoms with Crippen LogP contribution < -0.4 is 5.73 Å². The molecule has 0 fully saturated rings. The van der Waals surface area contributed by atoms with Crippen LogP contribution in [0.2, 0.25) is 0 Å². The summed E-state index contributed by atoms with van der Waals surface area (Å²) < 4.78 is 0. The number of carbonyl (C=O) groups is 1. The minimum Gasteiger partial charge on any atom is -0.366 e. The fourth-order valence-corrected chi connectivity index (χ4v) is 1.08. The Morgan fingerprint density at radius 3 is 2.94 bits per heavy atom. The molecule has 0 spiro atoms. The van der Waals surface area contributed by atoms with Crippen molar-refractivity contribution in [1.29, 1.82) is 10.7 Å². The normalized spacial score (nSPS) is 10.6. The van der Waals surface area contributed by atoms with Crippen molar-refractivity contribution in [2.45, 2.75) is 6.92 Å². The van der Waals surface area contributed by atoms with E-state index < -0.39 is 5.91 Å². The van der Waals surface area contributed by atoms with Gasteiger partial charge in [0.05, 0.1) is 5.71 Å². The van der Waals surface area contributed by atoms with E-state index in [0.29, 0.717) is 5.56 Å². The van der Waals surface area contributed by atoms with Crippen molar-refractivity contribution < 1.29 is 4.79 Å². The number of pyridine rings is 1. The summed E-state index contributed by atoms with van der Waals surface area (Å²) in [4.78, 5) is 14.6. The smallest absolute Gasteiger partial charge is 0.244 e. The molecule has 0 radical (unpaired) electrons. The van der Waals surface area contributed by atoms with Gasteiger partial charge >= 0.3 is 0 Å². The molecule has 0 bridgehead atoms. The van der Waals surface area contributed by atoms with Gasteiger partial charge in [-0.15, -0.1) is 0 Å². The lowest BCUT2D eigenvalue weighted by Crippen LogP contribution is -2.13. The quantitative estimate of drug-likeness (QED) is 0.573. The third-order valence-corrected chi connectivity index (χ3v) is 1.95. The highest BCUT2D eigenvalue weighted by atomic mass is 16.1. The summed E-state index contributed by atoms with van der Waals surface area (Å²) in [5, 5.41) is 16.5. The van der Waals surface area contributed by atoms with Crippen molar-refractivity contribution in [1.82, 2.24) is 4.98 Å². The molecular formula is C11H10N4O. The number of primary amides is 1. The molecule has 3 N–H and O–H groups in total. The van der Waals surface area contributed by atoms with Gasteiger partial charge in [-0.2, -0.15) is 5.26 Å². The Morgan fingerprint density at radius 1 is 1.69 bits per heavy atom. The summed E-state index contributed by atoms with van der Waals surface area (Å²) in [6.07, 6.45) is 2.79. The first-order valence-corrected chi connectivity index (χ1v) is 4.48. The van der Waals surface area contributed by atoms with E-state index in [2.05, 4.69) is 4.98 Å². The molecule has 0 saturated heterocycles. The van der Waals surface area contributed by atoms with Crippen LogP contribution in [-0.4, -0.2) is 16.6 Å². The average Bonchev–Trinajstić information content (AvgIpc) is 2.28. The maximum atomic E-state index is 10.8. The minimum atomic E-state index is -0.591. The van der Waals surface area contributed by atoms with Gasteiger partial charge in [-0.3, -0.25) is 4.79 Å². The van der Waals surface area contributed by atoms with Crippen molar-refractivity contribution in [3.63, 3.8) is 0 Å². The number of nitriles is 1. The molecule has 5 heteroatoms. The van der Waals surface area contributed by atoms with E-state index in [4.69, 9.17) is 16.4 Å². The number of carbonyl (C=O) groups excluding carboxylic acids is 1. The Hall–Kier alpha value is -2.48. The van der Waals surface area contributed by atoms with Gasteiger partial charge in [-0.25, -0.2) is 4.98 Å². The maximum absolute atomic E-state index is 10.8. The fourth-order valence-electron chi connectivity index (χ4n) is 1.08. The Kier molecular flexibility index (Phi) is 3.51. The average molecular weight is 214 g/mol. The van der Waals surface area contributed by atoms with E-state index in [0.717, 1.165) is 0 Å². The van der Waals surface area contributed by atoms with Crippen LogP contribution in [0.3, 0.4) is 0 Å². The number of amides is 1. The number of allylic oxidation sites excluding steroid dienone is 1. The molecule has 0 aliphatic heterocycles. The third kappa shape index (κ3) is 2.51. The van der Waals surface area contributed by atoms with Crippen LogP contribution in [0.25, 0.3) is 0 Å². The largest absolute Gasteiger partial charge is 0.366 e. The highest BCUT2D eigenvalue weighted by Crippen LogP contribution is 2.07. The molecule has 1 rings (SSSR count). The number of hydrogen-bond acceptors (Lipinski definition) is 4.